The average molecular weight is 454 g/mol. The van der Waals surface area contributed by atoms with E-state index in [2.05, 4.69) is 10.0 Å². The largest absolute Gasteiger partial charge is 0.459 e. The average Bonchev–Trinajstić information content (AvgIpc) is 3.30. The van der Waals surface area contributed by atoms with E-state index < -0.39 is 16.1 Å². The highest BCUT2D eigenvalue weighted by atomic mass is 32.2. The van der Waals surface area contributed by atoms with Crippen LogP contribution in [0, 0.1) is 0 Å². The molecule has 2 N–H and O–H groups in total. The number of nitrogens with zero attached hydrogens (tertiary/aromatic N) is 1. The highest BCUT2D eigenvalue weighted by molar-refractivity contribution is 7.92. The molecule has 2 aromatic carbocycles. The van der Waals surface area contributed by atoms with Gasteiger partial charge < -0.3 is 14.6 Å². The quantitative estimate of drug-likeness (QED) is 0.596. The van der Waals surface area contributed by atoms with Crippen molar-refractivity contribution in [3.63, 3.8) is 0 Å². The molecule has 1 aliphatic rings. The number of rotatable bonds is 6. The van der Waals surface area contributed by atoms with Gasteiger partial charge in [-0.15, -0.1) is 0 Å². The van der Waals surface area contributed by atoms with Crippen LogP contribution in [0.15, 0.2) is 71.3 Å². The van der Waals surface area contributed by atoms with Crippen LogP contribution in [0.25, 0.3) is 0 Å². The maximum absolute atomic E-state index is 13.1. The number of carbonyl (C=O) groups excluding carboxylic acids is 2. The highest BCUT2D eigenvalue weighted by Gasteiger charge is 2.35. The lowest BCUT2D eigenvalue weighted by atomic mass is 9.93. The van der Waals surface area contributed by atoms with Crippen LogP contribution in [0.1, 0.15) is 27.2 Å². The summed E-state index contributed by atoms with van der Waals surface area (Å²) in [5.74, 6) is -0.452. The molecule has 32 heavy (non-hydrogen) atoms. The highest BCUT2D eigenvalue weighted by Crippen LogP contribution is 2.25. The Kier molecular flexibility index (Phi) is 6.00. The number of fused-ring (bicyclic) bond motifs is 1. The maximum atomic E-state index is 13.1. The second-order valence-corrected chi connectivity index (χ2v) is 9.44. The first-order valence-corrected chi connectivity index (χ1v) is 11.9. The van der Waals surface area contributed by atoms with E-state index in [1.165, 1.54) is 11.2 Å². The number of amides is 2. The summed E-state index contributed by atoms with van der Waals surface area (Å²) in [6.07, 6.45) is 2.90. The Balaban J connectivity index is 1.52. The molecule has 3 aromatic rings. The van der Waals surface area contributed by atoms with Gasteiger partial charge in [0.25, 0.3) is 5.91 Å². The standard InChI is InChI=1S/C23H23N3O5S/c1-32(29,30)25-19-9-4-6-16(12-19)14-24-22(27)20-13-17-7-2-3-8-18(17)15-26(20)23(28)21-10-5-11-31-21/h2-12,20,25H,13-15H2,1H3,(H,24,27). The fourth-order valence-corrected chi connectivity index (χ4v) is 4.33. The Bertz CT molecular complexity index is 1240. The first-order chi connectivity index (χ1) is 15.3. The van der Waals surface area contributed by atoms with E-state index in [1.807, 2.05) is 24.3 Å². The number of hydrogen-bond acceptors (Lipinski definition) is 5. The molecule has 8 nitrogen and oxygen atoms in total. The van der Waals surface area contributed by atoms with Crippen LogP contribution in [0.3, 0.4) is 0 Å². The molecular weight excluding hydrogens is 430 g/mol. The molecule has 1 aromatic heterocycles. The second kappa shape index (κ2) is 8.88. The fourth-order valence-electron chi connectivity index (χ4n) is 3.78. The zero-order valence-corrected chi connectivity index (χ0v) is 18.3. The van der Waals surface area contributed by atoms with Crippen molar-refractivity contribution < 1.29 is 22.4 Å². The van der Waals surface area contributed by atoms with E-state index in [4.69, 9.17) is 4.42 Å². The van der Waals surface area contributed by atoms with Gasteiger partial charge in [-0.25, -0.2) is 8.42 Å². The summed E-state index contributed by atoms with van der Waals surface area (Å²) >= 11 is 0. The molecule has 0 spiro atoms. The molecule has 1 unspecified atom stereocenters. The van der Waals surface area contributed by atoms with Crippen molar-refractivity contribution in [2.75, 3.05) is 11.0 Å². The monoisotopic (exact) mass is 453 g/mol. The number of benzene rings is 2. The minimum Gasteiger partial charge on any atom is -0.459 e. The Morgan fingerprint density at radius 2 is 1.84 bits per heavy atom. The Hall–Kier alpha value is -3.59. The van der Waals surface area contributed by atoms with Gasteiger partial charge in [0, 0.05) is 25.2 Å². The lowest BCUT2D eigenvalue weighted by molar-refractivity contribution is -0.126. The molecule has 0 saturated heterocycles. The molecule has 0 aliphatic carbocycles. The molecule has 1 atom stereocenters. The van der Waals surface area contributed by atoms with Gasteiger partial charge in [0.05, 0.1) is 12.5 Å². The first-order valence-electron chi connectivity index (χ1n) is 10.1. The fraction of sp³-hybridized carbons (Fsp3) is 0.217. The third-order valence-electron chi connectivity index (χ3n) is 5.24. The van der Waals surface area contributed by atoms with Crippen molar-refractivity contribution >= 4 is 27.5 Å². The van der Waals surface area contributed by atoms with Gasteiger partial charge >= 0.3 is 0 Å². The molecule has 2 amide bonds. The summed E-state index contributed by atoms with van der Waals surface area (Å²) in [4.78, 5) is 27.7. The van der Waals surface area contributed by atoms with Gasteiger partial charge in [0.2, 0.25) is 15.9 Å². The van der Waals surface area contributed by atoms with Gasteiger partial charge in [-0.1, -0.05) is 36.4 Å². The number of hydrogen-bond donors (Lipinski definition) is 2. The SMILES string of the molecule is CS(=O)(=O)Nc1cccc(CNC(=O)C2Cc3ccccc3CN2C(=O)c2ccco2)c1. The summed E-state index contributed by atoms with van der Waals surface area (Å²) in [7, 11) is -3.40. The van der Waals surface area contributed by atoms with E-state index in [0.717, 1.165) is 22.9 Å². The summed E-state index contributed by atoms with van der Waals surface area (Å²) in [6.45, 7) is 0.501. The number of anilines is 1. The zero-order chi connectivity index (χ0) is 22.7. The van der Waals surface area contributed by atoms with Crippen molar-refractivity contribution in [1.82, 2.24) is 10.2 Å². The first kappa shape index (κ1) is 21.6. The molecule has 9 heteroatoms. The third kappa shape index (κ3) is 5.00. The summed E-state index contributed by atoms with van der Waals surface area (Å²) in [5.41, 5.74) is 3.17. The number of sulfonamides is 1. The van der Waals surface area contributed by atoms with E-state index >= 15 is 0 Å². The van der Waals surface area contributed by atoms with E-state index in [1.54, 1.807) is 36.4 Å². The Labute approximate surface area is 186 Å². The predicted molar refractivity (Wildman–Crippen MR) is 119 cm³/mol. The van der Waals surface area contributed by atoms with Crippen molar-refractivity contribution in [1.29, 1.82) is 0 Å². The zero-order valence-electron chi connectivity index (χ0n) is 17.4. The van der Waals surface area contributed by atoms with Gasteiger partial charge in [-0.3, -0.25) is 14.3 Å². The van der Waals surface area contributed by atoms with Crippen LogP contribution in [0.2, 0.25) is 0 Å². The topological polar surface area (TPSA) is 109 Å². The molecule has 0 bridgehead atoms. The van der Waals surface area contributed by atoms with E-state index in [-0.39, 0.29) is 24.1 Å². The normalized spacial score (nSPS) is 15.7. The molecule has 0 radical (unpaired) electrons. The second-order valence-electron chi connectivity index (χ2n) is 7.69. The predicted octanol–water partition coefficient (Wildman–Crippen LogP) is 2.53. The van der Waals surface area contributed by atoms with Crippen LogP contribution in [0.5, 0.6) is 0 Å². The van der Waals surface area contributed by atoms with E-state index in [0.29, 0.717) is 18.7 Å². The molecule has 0 saturated carbocycles. The lowest BCUT2D eigenvalue weighted by Crippen LogP contribution is -2.52. The van der Waals surface area contributed by atoms with Gasteiger partial charge in [-0.05, 0) is 41.0 Å². The van der Waals surface area contributed by atoms with Gasteiger partial charge in [-0.2, -0.15) is 0 Å². The van der Waals surface area contributed by atoms with Crippen molar-refractivity contribution in [3.05, 3.63) is 89.4 Å². The minimum absolute atomic E-state index is 0.182. The Morgan fingerprint density at radius 3 is 2.56 bits per heavy atom. The maximum Gasteiger partial charge on any atom is 0.290 e. The summed E-state index contributed by atoms with van der Waals surface area (Å²) < 4.78 is 30.6. The van der Waals surface area contributed by atoms with Crippen molar-refractivity contribution in [3.8, 4) is 0 Å². The van der Waals surface area contributed by atoms with Crippen molar-refractivity contribution in [2.45, 2.75) is 25.6 Å². The van der Waals surface area contributed by atoms with E-state index in [9.17, 15) is 18.0 Å². The minimum atomic E-state index is -3.40. The van der Waals surface area contributed by atoms with Gasteiger partial charge in [0.1, 0.15) is 6.04 Å². The molecule has 1 aliphatic heterocycles. The molecule has 166 valence electrons. The molecule has 0 fully saturated rings. The van der Waals surface area contributed by atoms with Gasteiger partial charge in [0.15, 0.2) is 5.76 Å². The smallest absolute Gasteiger partial charge is 0.290 e. The van der Waals surface area contributed by atoms with Crippen molar-refractivity contribution in [2.24, 2.45) is 0 Å². The third-order valence-corrected chi connectivity index (χ3v) is 5.85. The Morgan fingerprint density at radius 1 is 1.06 bits per heavy atom. The van der Waals surface area contributed by atoms with Crippen LogP contribution >= 0.6 is 0 Å². The number of furan rings is 1. The molecule has 4 rings (SSSR count). The van der Waals surface area contributed by atoms with Crippen LogP contribution in [-0.4, -0.2) is 37.4 Å². The lowest BCUT2D eigenvalue weighted by Gasteiger charge is -2.35. The summed E-state index contributed by atoms with van der Waals surface area (Å²) in [5, 5.41) is 2.88. The summed E-state index contributed by atoms with van der Waals surface area (Å²) in [6, 6.07) is 17.0. The number of nitrogens with one attached hydrogen (secondary N) is 2. The number of carbonyl (C=O) groups is 2. The van der Waals surface area contributed by atoms with Crippen LogP contribution < -0.4 is 10.0 Å². The molecule has 2 heterocycles. The molecular formula is C23H23N3O5S. The van der Waals surface area contributed by atoms with Crippen LogP contribution in [0.4, 0.5) is 5.69 Å². The van der Waals surface area contributed by atoms with Crippen LogP contribution in [-0.2, 0) is 34.3 Å².